The maximum Gasteiger partial charge on any atom is 0.332 e. The van der Waals surface area contributed by atoms with Crippen molar-refractivity contribution < 1.29 is 4.92 Å². The van der Waals surface area contributed by atoms with Crippen LogP contribution in [0, 0.1) is 17.0 Å². The Labute approximate surface area is 116 Å². The lowest BCUT2D eigenvalue weighted by atomic mass is 10.2. The summed E-state index contributed by atoms with van der Waals surface area (Å²) in [5.74, 6) is 2.88. The van der Waals surface area contributed by atoms with Gasteiger partial charge in [-0.25, -0.2) is 4.98 Å². The van der Waals surface area contributed by atoms with Crippen LogP contribution in [0.1, 0.15) is 12.1 Å². The Morgan fingerprint density at radius 3 is 2.79 bits per heavy atom. The van der Waals surface area contributed by atoms with Crippen molar-refractivity contribution in [3.05, 3.63) is 15.8 Å². The van der Waals surface area contributed by atoms with Crippen molar-refractivity contribution in [2.45, 2.75) is 19.4 Å². The molecule has 1 saturated heterocycles. The number of rotatable bonds is 4. The van der Waals surface area contributed by atoms with Gasteiger partial charge in [-0.2, -0.15) is 16.7 Å². The normalized spacial score (nSPS) is 18.4. The van der Waals surface area contributed by atoms with Gasteiger partial charge in [-0.15, -0.1) is 0 Å². The van der Waals surface area contributed by atoms with Crippen molar-refractivity contribution in [3.63, 3.8) is 0 Å². The van der Waals surface area contributed by atoms with Crippen LogP contribution in [-0.4, -0.2) is 46.5 Å². The summed E-state index contributed by atoms with van der Waals surface area (Å²) in [6, 6.07) is 0.294. The zero-order chi connectivity index (χ0) is 14.0. The highest BCUT2D eigenvalue weighted by molar-refractivity contribution is 7.99. The van der Waals surface area contributed by atoms with Crippen molar-refractivity contribution >= 4 is 29.2 Å². The van der Waals surface area contributed by atoms with Crippen molar-refractivity contribution in [1.82, 2.24) is 9.97 Å². The number of hydrogen-bond acceptors (Lipinski definition) is 7. The second kappa shape index (κ2) is 5.60. The van der Waals surface area contributed by atoms with E-state index in [9.17, 15) is 10.1 Å². The lowest BCUT2D eigenvalue weighted by Gasteiger charge is -2.25. The largest absolute Gasteiger partial charge is 0.357 e. The van der Waals surface area contributed by atoms with Crippen LogP contribution in [-0.2, 0) is 0 Å². The van der Waals surface area contributed by atoms with E-state index in [2.05, 4.69) is 15.3 Å². The number of aryl methyl sites for hydroxylation is 1. The summed E-state index contributed by atoms with van der Waals surface area (Å²) in [6.45, 7) is 1.64. The Hall–Kier alpha value is -1.57. The van der Waals surface area contributed by atoms with Crippen LogP contribution in [0.25, 0.3) is 0 Å². The van der Waals surface area contributed by atoms with Crippen LogP contribution < -0.4 is 10.2 Å². The fourth-order valence-electron chi connectivity index (χ4n) is 2.12. The average molecular weight is 283 g/mol. The predicted molar refractivity (Wildman–Crippen MR) is 77.1 cm³/mol. The molecule has 0 radical (unpaired) electrons. The average Bonchev–Trinajstić information content (AvgIpc) is 2.90. The Morgan fingerprint density at radius 1 is 1.53 bits per heavy atom. The number of aromatic nitrogens is 2. The molecule has 7 nitrogen and oxygen atoms in total. The van der Waals surface area contributed by atoms with E-state index in [-0.39, 0.29) is 5.69 Å². The summed E-state index contributed by atoms with van der Waals surface area (Å²) in [4.78, 5) is 21.1. The van der Waals surface area contributed by atoms with Gasteiger partial charge in [-0.05, 0) is 19.1 Å². The standard InChI is InChI=1S/C11H17N5O2S/c1-7-9(16(17)18)10(14-11(12-2)13-7)15(3)8-4-5-19-6-8/h8H,4-6H2,1-3H3,(H,12,13,14). The van der Waals surface area contributed by atoms with E-state index >= 15 is 0 Å². The first-order valence-electron chi connectivity index (χ1n) is 6.06. The fourth-order valence-corrected chi connectivity index (χ4v) is 3.39. The quantitative estimate of drug-likeness (QED) is 0.664. The third kappa shape index (κ3) is 2.73. The van der Waals surface area contributed by atoms with E-state index in [1.54, 1.807) is 14.0 Å². The molecular formula is C11H17N5O2S. The molecule has 1 aliphatic heterocycles. The minimum Gasteiger partial charge on any atom is -0.357 e. The lowest BCUT2D eigenvalue weighted by molar-refractivity contribution is -0.385. The van der Waals surface area contributed by atoms with Gasteiger partial charge in [0.25, 0.3) is 0 Å². The van der Waals surface area contributed by atoms with Crippen LogP contribution in [0.4, 0.5) is 17.5 Å². The third-order valence-corrected chi connectivity index (χ3v) is 4.38. The maximum absolute atomic E-state index is 11.2. The molecule has 0 saturated carbocycles. The van der Waals surface area contributed by atoms with Crippen LogP contribution in [0.5, 0.6) is 0 Å². The second-order valence-electron chi connectivity index (χ2n) is 4.44. The smallest absolute Gasteiger partial charge is 0.332 e. The molecule has 1 aromatic heterocycles. The summed E-state index contributed by atoms with van der Waals surface area (Å²) in [5, 5.41) is 14.1. The second-order valence-corrected chi connectivity index (χ2v) is 5.59. The zero-order valence-corrected chi connectivity index (χ0v) is 12.0. The number of nitrogens with zero attached hydrogens (tertiary/aromatic N) is 4. The highest BCUT2D eigenvalue weighted by Gasteiger charge is 2.29. The Morgan fingerprint density at radius 2 is 2.26 bits per heavy atom. The lowest BCUT2D eigenvalue weighted by Crippen LogP contribution is -2.33. The van der Waals surface area contributed by atoms with E-state index in [1.165, 1.54) is 0 Å². The summed E-state index contributed by atoms with van der Waals surface area (Å²) < 4.78 is 0. The number of hydrogen-bond donors (Lipinski definition) is 1. The molecule has 1 fully saturated rings. The highest BCUT2D eigenvalue weighted by atomic mass is 32.2. The minimum absolute atomic E-state index is 0.00148. The minimum atomic E-state index is -0.400. The summed E-state index contributed by atoms with van der Waals surface area (Å²) in [6.07, 6.45) is 1.02. The molecule has 0 amide bonds. The molecule has 0 spiro atoms. The number of thioether (sulfide) groups is 1. The number of nitro groups is 1. The van der Waals surface area contributed by atoms with Gasteiger partial charge < -0.3 is 10.2 Å². The molecule has 1 N–H and O–H groups in total. The molecule has 19 heavy (non-hydrogen) atoms. The van der Waals surface area contributed by atoms with Crippen LogP contribution in [0.2, 0.25) is 0 Å². The molecule has 0 aromatic carbocycles. The molecule has 8 heteroatoms. The van der Waals surface area contributed by atoms with Crippen LogP contribution in [0.3, 0.4) is 0 Å². The van der Waals surface area contributed by atoms with Crippen molar-refractivity contribution in [1.29, 1.82) is 0 Å². The summed E-state index contributed by atoms with van der Waals surface area (Å²) >= 11 is 1.86. The van der Waals surface area contributed by atoms with Gasteiger partial charge in [0.05, 0.1) is 4.92 Å². The SMILES string of the molecule is CNc1nc(C)c([N+](=O)[O-])c(N(C)C2CCSC2)n1. The highest BCUT2D eigenvalue weighted by Crippen LogP contribution is 2.33. The monoisotopic (exact) mass is 283 g/mol. The van der Waals surface area contributed by atoms with Crippen molar-refractivity contribution in [2.24, 2.45) is 0 Å². The van der Waals surface area contributed by atoms with Crippen LogP contribution in [0.15, 0.2) is 0 Å². The first-order chi connectivity index (χ1) is 9.04. The van der Waals surface area contributed by atoms with Gasteiger partial charge in [-0.3, -0.25) is 10.1 Å². The number of anilines is 2. The van der Waals surface area contributed by atoms with Gasteiger partial charge in [0.1, 0.15) is 5.69 Å². The van der Waals surface area contributed by atoms with E-state index in [0.717, 1.165) is 17.9 Å². The van der Waals surface area contributed by atoms with Crippen molar-refractivity contribution in [3.8, 4) is 0 Å². The molecule has 0 bridgehead atoms. The van der Waals surface area contributed by atoms with Crippen molar-refractivity contribution in [2.75, 3.05) is 35.8 Å². The van der Waals surface area contributed by atoms with Crippen LogP contribution >= 0.6 is 11.8 Å². The van der Waals surface area contributed by atoms with E-state index in [0.29, 0.717) is 23.5 Å². The first-order valence-corrected chi connectivity index (χ1v) is 7.21. The molecule has 2 heterocycles. The topological polar surface area (TPSA) is 84.2 Å². The maximum atomic E-state index is 11.2. The summed E-state index contributed by atoms with van der Waals surface area (Å²) in [7, 11) is 3.57. The Balaban J connectivity index is 2.45. The Bertz CT molecular complexity index is 490. The molecule has 2 rings (SSSR count). The van der Waals surface area contributed by atoms with E-state index < -0.39 is 4.92 Å². The Kier molecular flexibility index (Phi) is 4.08. The summed E-state index contributed by atoms with van der Waals surface area (Å²) in [5.41, 5.74) is 0.384. The van der Waals surface area contributed by atoms with Gasteiger partial charge >= 0.3 is 5.69 Å². The van der Waals surface area contributed by atoms with Gasteiger partial charge in [0, 0.05) is 25.9 Å². The number of nitrogens with one attached hydrogen (secondary N) is 1. The fraction of sp³-hybridized carbons (Fsp3) is 0.636. The van der Waals surface area contributed by atoms with Gasteiger partial charge in [0.15, 0.2) is 0 Å². The molecule has 1 unspecified atom stereocenters. The molecule has 1 atom stereocenters. The molecular weight excluding hydrogens is 266 g/mol. The molecule has 1 aromatic rings. The van der Waals surface area contributed by atoms with Gasteiger partial charge in [0.2, 0.25) is 11.8 Å². The van der Waals surface area contributed by atoms with Gasteiger partial charge in [-0.1, -0.05) is 0 Å². The first kappa shape index (κ1) is 13.9. The van der Waals surface area contributed by atoms with E-state index in [1.807, 2.05) is 23.7 Å². The third-order valence-electron chi connectivity index (χ3n) is 3.23. The molecule has 0 aliphatic carbocycles. The predicted octanol–water partition coefficient (Wildman–Crippen LogP) is 1.68. The molecule has 104 valence electrons. The molecule has 1 aliphatic rings. The van der Waals surface area contributed by atoms with E-state index in [4.69, 9.17) is 0 Å². The zero-order valence-electron chi connectivity index (χ0n) is 11.2.